The molecule has 3 heteroatoms. The Morgan fingerprint density at radius 3 is 2.78 bits per heavy atom. The second-order valence-corrected chi connectivity index (χ2v) is 6.01. The Morgan fingerprint density at radius 1 is 1.33 bits per heavy atom. The van der Waals surface area contributed by atoms with E-state index in [9.17, 15) is 0 Å². The molecule has 0 radical (unpaired) electrons. The molecule has 2 rings (SSSR count). The maximum Gasteiger partial charge on any atom is 0.148 e. The minimum absolute atomic E-state index is 0.430. The van der Waals surface area contributed by atoms with Crippen molar-refractivity contribution in [1.29, 1.82) is 0 Å². The molecular weight excluding hydrogens is 222 g/mol. The highest BCUT2D eigenvalue weighted by Gasteiger charge is 2.31. The fourth-order valence-electron chi connectivity index (χ4n) is 2.74. The van der Waals surface area contributed by atoms with Crippen LogP contribution >= 0.6 is 0 Å². The molecule has 0 aliphatic heterocycles. The van der Waals surface area contributed by atoms with Crippen LogP contribution < -0.4 is 5.32 Å². The molecule has 0 saturated carbocycles. The van der Waals surface area contributed by atoms with Crippen molar-refractivity contribution < 1.29 is 0 Å². The van der Waals surface area contributed by atoms with Gasteiger partial charge in [0.05, 0.1) is 5.69 Å². The molecule has 0 fully saturated rings. The molecule has 1 aromatic heterocycles. The Balaban J connectivity index is 2.19. The molecule has 100 valence electrons. The lowest BCUT2D eigenvalue weighted by atomic mass is 9.69. The molecule has 1 N–H and O–H groups in total. The molecule has 1 heterocycles. The van der Waals surface area contributed by atoms with Crippen LogP contribution in [0.2, 0.25) is 0 Å². The standard InChI is InChI=1S/C15H25N3/c1-5-15(3,4)12-7-8-13-11(9-12)10-14(16-6-2)18-17-13/h10,12H,5-9H2,1-4H3,(H,16,18). The summed E-state index contributed by atoms with van der Waals surface area (Å²) in [6.07, 6.45) is 4.74. The van der Waals surface area contributed by atoms with Gasteiger partial charge in [0.1, 0.15) is 5.82 Å². The maximum atomic E-state index is 4.37. The van der Waals surface area contributed by atoms with E-state index in [1.165, 1.54) is 24.1 Å². The number of hydrogen-bond donors (Lipinski definition) is 1. The lowest BCUT2D eigenvalue weighted by Crippen LogP contribution is -2.29. The fraction of sp³-hybridized carbons (Fsp3) is 0.733. The third kappa shape index (κ3) is 2.65. The predicted octanol–water partition coefficient (Wildman–Crippen LogP) is 3.45. The zero-order valence-electron chi connectivity index (χ0n) is 12.1. The highest BCUT2D eigenvalue weighted by molar-refractivity contribution is 5.39. The monoisotopic (exact) mass is 247 g/mol. The predicted molar refractivity (Wildman–Crippen MR) is 75.8 cm³/mol. The van der Waals surface area contributed by atoms with E-state index in [0.29, 0.717) is 5.41 Å². The third-order valence-corrected chi connectivity index (χ3v) is 4.53. The van der Waals surface area contributed by atoms with Gasteiger partial charge in [0.2, 0.25) is 0 Å². The summed E-state index contributed by atoms with van der Waals surface area (Å²) in [5, 5.41) is 11.8. The van der Waals surface area contributed by atoms with Crippen molar-refractivity contribution in [2.45, 2.75) is 53.4 Å². The fourth-order valence-corrected chi connectivity index (χ4v) is 2.74. The summed E-state index contributed by atoms with van der Waals surface area (Å²) in [4.78, 5) is 0. The largest absolute Gasteiger partial charge is 0.369 e. The van der Waals surface area contributed by atoms with Gasteiger partial charge in [-0.1, -0.05) is 27.2 Å². The third-order valence-electron chi connectivity index (χ3n) is 4.53. The van der Waals surface area contributed by atoms with E-state index in [1.807, 2.05) is 0 Å². The van der Waals surface area contributed by atoms with Gasteiger partial charge >= 0.3 is 0 Å². The lowest BCUT2D eigenvalue weighted by molar-refractivity contribution is 0.181. The summed E-state index contributed by atoms with van der Waals surface area (Å²) >= 11 is 0. The number of nitrogens with one attached hydrogen (secondary N) is 1. The second-order valence-electron chi connectivity index (χ2n) is 6.01. The molecule has 0 spiro atoms. The number of hydrogen-bond acceptors (Lipinski definition) is 3. The summed E-state index contributed by atoms with van der Waals surface area (Å²) in [6, 6.07) is 2.20. The van der Waals surface area contributed by atoms with Gasteiger partial charge < -0.3 is 5.32 Å². The number of rotatable bonds is 4. The molecule has 0 bridgehead atoms. The number of anilines is 1. The van der Waals surface area contributed by atoms with Crippen LogP contribution in [0.1, 0.15) is 51.8 Å². The molecule has 1 unspecified atom stereocenters. The first-order valence-corrected chi connectivity index (χ1v) is 7.16. The van der Waals surface area contributed by atoms with Crippen LogP contribution in [0.3, 0.4) is 0 Å². The topological polar surface area (TPSA) is 37.8 Å². The summed E-state index contributed by atoms with van der Waals surface area (Å²) in [7, 11) is 0. The van der Waals surface area contributed by atoms with E-state index in [1.54, 1.807) is 0 Å². The first-order valence-electron chi connectivity index (χ1n) is 7.16. The smallest absolute Gasteiger partial charge is 0.148 e. The van der Waals surface area contributed by atoms with Crippen molar-refractivity contribution in [2.75, 3.05) is 11.9 Å². The van der Waals surface area contributed by atoms with Gasteiger partial charge in [-0.2, -0.15) is 5.10 Å². The van der Waals surface area contributed by atoms with Crippen LogP contribution in [0.25, 0.3) is 0 Å². The van der Waals surface area contributed by atoms with Gasteiger partial charge in [-0.05, 0) is 49.1 Å². The molecule has 0 amide bonds. The van der Waals surface area contributed by atoms with E-state index < -0.39 is 0 Å². The molecule has 0 aromatic carbocycles. The minimum Gasteiger partial charge on any atom is -0.369 e. The van der Waals surface area contributed by atoms with Crippen LogP contribution in [0, 0.1) is 11.3 Å². The van der Waals surface area contributed by atoms with E-state index >= 15 is 0 Å². The maximum absolute atomic E-state index is 4.37. The highest BCUT2D eigenvalue weighted by Crippen LogP contribution is 2.39. The molecule has 18 heavy (non-hydrogen) atoms. The van der Waals surface area contributed by atoms with Crippen molar-refractivity contribution in [3.8, 4) is 0 Å². The molecule has 1 aromatic rings. The van der Waals surface area contributed by atoms with Crippen LogP contribution in [0.5, 0.6) is 0 Å². The van der Waals surface area contributed by atoms with Crippen molar-refractivity contribution in [3.05, 3.63) is 17.3 Å². The zero-order chi connectivity index (χ0) is 13.2. The lowest BCUT2D eigenvalue weighted by Gasteiger charge is -2.36. The summed E-state index contributed by atoms with van der Waals surface area (Å²) in [5.41, 5.74) is 3.04. The molecule has 3 nitrogen and oxygen atoms in total. The van der Waals surface area contributed by atoms with Gasteiger partial charge in [-0.25, -0.2) is 0 Å². The molecular formula is C15H25N3. The van der Waals surface area contributed by atoms with Crippen LogP contribution in [0.4, 0.5) is 5.82 Å². The van der Waals surface area contributed by atoms with E-state index in [2.05, 4.69) is 49.3 Å². The normalized spacial score (nSPS) is 19.4. The number of aryl methyl sites for hydroxylation is 1. The molecule has 1 aliphatic carbocycles. The van der Waals surface area contributed by atoms with Gasteiger partial charge in [0.25, 0.3) is 0 Å². The quantitative estimate of drug-likeness (QED) is 0.885. The van der Waals surface area contributed by atoms with E-state index in [-0.39, 0.29) is 0 Å². The zero-order valence-corrected chi connectivity index (χ0v) is 12.1. The van der Waals surface area contributed by atoms with Gasteiger partial charge in [0, 0.05) is 6.54 Å². The van der Waals surface area contributed by atoms with Crippen LogP contribution in [-0.4, -0.2) is 16.7 Å². The molecule has 1 atom stereocenters. The average molecular weight is 247 g/mol. The molecule has 1 aliphatic rings. The average Bonchev–Trinajstić information content (AvgIpc) is 2.38. The Labute approximate surface area is 110 Å². The van der Waals surface area contributed by atoms with Gasteiger partial charge in [-0.15, -0.1) is 5.10 Å². The Bertz CT molecular complexity index is 412. The Hall–Kier alpha value is -1.12. The van der Waals surface area contributed by atoms with Gasteiger partial charge in [-0.3, -0.25) is 0 Å². The van der Waals surface area contributed by atoms with Crippen LogP contribution in [0.15, 0.2) is 6.07 Å². The second kappa shape index (κ2) is 5.25. The number of nitrogens with zero attached hydrogens (tertiary/aromatic N) is 2. The minimum atomic E-state index is 0.430. The van der Waals surface area contributed by atoms with E-state index in [0.717, 1.165) is 31.1 Å². The van der Waals surface area contributed by atoms with Crippen LogP contribution in [-0.2, 0) is 12.8 Å². The van der Waals surface area contributed by atoms with Crippen molar-refractivity contribution >= 4 is 5.82 Å². The van der Waals surface area contributed by atoms with Crippen molar-refractivity contribution in [3.63, 3.8) is 0 Å². The number of aromatic nitrogens is 2. The number of fused-ring (bicyclic) bond motifs is 1. The first kappa shape index (κ1) is 13.3. The first-order chi connectivity index (χ1) is 8.56. The van der Waals surface area contributed by atoms with Gasteiger partial charge in [0.15, 0.2) is 0 Å². The SMILES string of the molecule is CCNc1cc2c(nn1)CCC(C(C)(C)CC)C2. The Morgan fingerprint density at radius 2 is 2.11 bits per heavy atom. The summed E-state index contributed by atoms with van der Waals surface area (Å²) in [6.45, 7) is 10.1. The van der Waals surface area contributed by atoms with Crippen molar-refractivity contribution in [1.82, 2.24) is 10.2 Å². The highest BCUT2D eigenvalue weighted by atomic mass is 15.2. The Kier molecular flexibility index (Phi) is 3.88. The summed E-state index contributed by atoms with van der Waals surface area (Å²) in [5.74, 6) is 1.69. The van der Waals surface area contributed by atoms with Crippen molar-refractivity contribution in [2.24, 2.45) is 11.3 Å². The summed E-state index contributed by atoms with van der Waals surface area (Å²) < 4.78 is 0. The molecule has 0 saturated heterocycles. The van der Waals surface area contributed by atoms with E-state index in [4.69, 9.17) is 0 Å².